The zero-order chi connectivity index (χ0) is 15.1. The minimum Gasteiger partial charge on any atom is -0.306 e. The molecule has 0 aliphatic carbocycles. The summed E-state index contributed by atoms with van der Waals surface area (Å²) < 4.78 is 0. The van der Waals surface area contributed by atoms with Crippen LogP contribution in [0.25, 0.3) is 0 Å². The van der Waals surface area contributed by atoms with E-state index < -0.39 is 0 Å². The molecule has 0 saturated carbocycles. The van der Waals surface area contributed by atoms with E-state index in [1.54, 1.807) is 0 Å². The fourth-order valence-electron chi connectivity index (χ4n) is 3.80. The Kier molecular flexibility index (Phi) is 8.08. The van der Waals surface area contributed by atoms with Gasteiger partial charge in [0, 0.05) is 31.2 Å². The van der Waals surface area contributed by atoms with Crippen LogP contribution in [-0.4, -0.2) is 73.1 Å². The second kappa shape index (κ2) is 9.01. The van der Waals surface area contributed by atoms with Gasteiger partial charge in [0.05, 0.1) is 0 Å². The summed E-state index contributed by atoms with van der Waals surface area (Å²) in [5.41, 5.74) is 0. The van der Waals surface area contributed by atoms with E-state index in [4.69, 9.17) is 0 Å². The Hall–Kier alpha value is -0.120. The Balaban J connectivity index is 0.000000461. The van der Waals surface area contributed by atoms with Crippen LogP contribution in [0.15, 0.2) is 0 Å². The lowest BCUT2D eigenvalue weighted by Gasteiger charge is -2.45. The molecule has 2 bridgehead atoms. The molecule has 2 unspecified atom stereocenters. The summed E-state index contributed by atoms with van der Waals surface area (Å²) in [6.45, 7) is 13.3. The normalized spacial score (nSPS) is 32.1. The fourth-order valence-corrected chi connectivity index (χ4v) is 3.80. The molecule has 3 heteroatoms. The lowest BCUT2D eigenvalue weighted by Crippen LogP contribution is -2.56. The molecular weight excluding hydrogens is 246 g/mol. The molecule has 3 heterocycles. The van der Waals surface area contributed by atoms with Crippen molar-refractivity contribution in [2.45, 2.75) is 71.5 Å². The molecule has 0 radical (unpaired) electrons. The first-order valence-electron chi connectivity index (χ1n) is 8.88. The summed E-state index contributed by atoms with van der Waals surface area (Å²) in [6, 6.07) is 2.60. The van der Waals surface area contributed by atoms with E-state index in [-0.39, 0.29) is 0 Å². The van der Waals surface area contributed by atoms with Crippen molar-refractivity contribution in [3.05, 3.63) is 0 Å². The summed E-state index contributed by atoms with van der Waals surface area (Å²) in [6.07, 6.45) is 5.65. The first-order chi connectivity index (χ1) is 9.74. The van der Waals surface area contributed by atoms with E-state index in [1.807, 2.05) is 27.7 Å². The number of rotatable bonds is 1. The van der Waals surface area contributed by atoms with Crippen LogP contribution in [0.5, 0.6) is 0 Å². The predicted molar refractivity (Wildman–Crippen MR) is 89.4 cm³/mol. The van der Waals surface area contributed by atoms with Gasteiger partial charge < -0.3 is 4.90 Å². The van der Waals surface area contributed by atoms with Crippen molar-refractivity contribution in [1.29, 1.82) is 0 Å². The topological polar surface area (TPSA) is 9.72 Å². The third-order valence-corrected chi connectivity index (χ3v) is 5.08. The Morgan fingerprint density at radius 2 is 1.10 bits per heavy atom. The summed E-state index contributed by atoms with van der Waals surface area (Å²) in [5, 5.41) is 0. The smallest absolute Gasteiger partial charge is 0.0224 e. The van der Waals surface area contributed by atoms with Gasteiger partial charge in [0.15, 0.2) is 0 Å². The van der Waals surface area contributed by atoms with Crippen LogP contribution in [0.2, 0.25) is 0 Å². The lowest BCUT2D eigenvalue weighted by atomic mass is 10.0. The molecule has 20 heavy (non-hydrogen) atoms. The fraction of sp³-hybridized carbons (Fsp3) is 1.00. The molecule has 2 atom stereocenters. The third-order valence-electron chi connectivity index (χ3n) is 5.08. The van der Waals surface area contributed by atoms with Crippen LogP contribution in [-0.2, 0) is 0 Å². The van der Waals surface area contributed by atoms with Crippen molar-refractivity contribution in [3.8, 4) is 0 Å². The highest BCUT2D eigenvalue weighted by molar-refractivity contribution is 4.96. The monoisotopic (exact) mass is 283 g/mol. The molecule has 0 amide bonds. The van der Waals surface area contributed by atoms with Gasteiger partial charge in [-0.3, -0.25) is 9.80 Å². The van der Waals surface area contributed by atoms with Crippen LogP contribution in [0, 0.1) is 0 Å². The number of fused-ring (bicyclic) bond motifs is 2. The number of piperazine rings is 1. The molecular formula is C17H37N3. The standard InChI is InChI=1S/C13H25N3.2C2H6/c1-14-7-5-11(6-8-14)16-9-12-3-4-13(10-16)15(12)2;2*1-2/h11-13H,3-10H2,1-2H3;2*1-2H3. The van der Waals surface area contributed by atoms with Gasteiger partial charge in [-0.1, -0.05) is 27.7 Å². The Labute approximate surface area is 127 Å². The van der Waals surface area contributed by atoms with Crippen molar-refractivity contribution in [2.24, 2.45) is 0 Å². The third kappa shape index (κ3) is 4.19. The van der Waals surface area contributed by atoms with E-state index in [0.717, 1.165) is 18.1 Å². The second-order valence-electron chi connectivity index (χ2n) is 6.04. The summed E-state index contributed by atoms with van der Waals surface area (Å²) in [4.78, 5) is 7.90. The Morgan fingerprint density at radius 3 is 1.55 bits per heavy atom. The van der Waals surface area contributed by atoms with Gasteiger partial charge in [0.2, 0.25) is 0 Å². The maximum atomic E-state index is 2.80. The quantitative estimate of drug-likeness (QED) is 0.732. The Bertz CT molecular complexity index is 235. The van der Waals surface area contributed by atoms with Crippen LogP contribution in [0.3, 0.4) is 0 Å². The highest BCUT2D eigenvalue weighted by atomic mass is 15.3. The molecule has 3 aliphatic rings. The van der Waals surface area contributed by atoms with Crippen LogP contribution in [0.1, 0.15) is 53.4 Å². The molecule has 3 rings (SSSR count). The first-order valence-corrected chi connectivity index (χ1v) is 8.88. The van der Waals surface area contributed by atoms with Gasteiger partial charge in [-0.15, -0.1) is 0 Å². The van der Waals surface area contributed by atoms with Gasteiger partial charge in [-0.2, -0.15) is 0 Å². The molecule has 3 aliphatic heterocycles. The minimum absolute atomic E-state index is 0.860. The van der Waals surface area contributed by atoms with Crippen molar-refractivity contribution in [2.75, 3.05) is 40.3 Å². The van der Waals surface area contributed by atoms with Gasteiger partial charge in [0.25, 0.3) is 0 Å². The second-order valence-corrected chi connectivity index (χ2v) is 6.04. The number of nitrogens with zero attached hydrogens (tertiary/aromatic N) is 3. The van der Waals surface area contributed by atoms with Crippen molar-refractivity contribution in [1.82, 2.24) is 14.7 Å². The molecule has 120 valence electrons. The van der Waals surface area contributed by atoms with Crippen molar-refractivity contribution >= 4 is 0 Å². The Morgan fingerprint density at radius 1 is 0.650 bits per heavy atom. The highest BCUT2D eigenvalue weighted by Gasteiger charge is 2.39. The molecule has 0 spiro atoms. The molecule has 0 aromatic carbocycles. The average Bonchev–Trinajstić information content (AvgIpc) is 2.72. The van der Waals surface area contributed by atoms with Crippen LogP contribution < -0.4 is 0 Å². The molecule has 3 nitrogen and oxygen atoms in total. The summed E-state index contributed by atoms with van der Waals surface area (Å²) in [7, 11) is 4.58. The number of likely N-dealkylation sites (tertiary alicyclic amines) is 2. The number of likely N-dealkylation sites (N-methyl/N-ethyl adjacent to an activating group) is 1. The SMILES string of the molecule is CC.CC.CN1CCC(N2CC3CCC(C2)N3C)CC1. The highest BCUT2D eigenvalue weighted by Crippen LogP contribution is 2.31. The minimum atomic E-state index is 0.860. The van der Waals surface area contributed by atoms with E-state index in [1.165, 1.54) is 51.9 Å². The number of hydrogen-bond donors (Lipinski definition) is 0. The van der Waals surface area contributed by atoms with Gasteiger partial charge >= 0.3 is 0 Å². The molecule has 3 fully saturated rings. The molecule has 0 aromatic heterocycles. The largest absolute Gasteiger partial charge is 0.306 e. The van der Waals surface area contributed by atoms with Crippen LogP contribution >= 0.6 is 0 Å². The summed E-state index contributed by atoms with van der Waals surface area (Å²) in [5.74, 6) is 0. The van der Waals surface area contributed by atoms with E-state index in [2.05, 4.69) is 28.8 Å². The van der Waals surface area contributed by atoms with Gasteiger partial charge in [0.1, 0.15) is 0 Å². The van der Waals surface area contributed by atoms with Gasteiger partial charge in [-0.05, 0) is 52.9 Å². The molecule has 0 aromatic rings. The average molecular weight is 284 g/mol. The molecule has 3 saturated heterocycles. The first kappa shape index (κ1) is 17.9. The van der Waals surface area contributed by atoms with Crippen LogP contribution in [0.4, 0.5) is 0 Å². The lowest BCUT2D eigenvalue weighted by molar-refractivity contribution is 0.0352. The maximum absolute atomic E-state index is 2.80. The zero-order valence-electron chi connectivity index (χ0n) is 14.7. The number of hydrogen-bond acceptors (Lipinski definition) is 3. The van der Waals surface area contributed by atoms with E-state index in [0.29, 0.717) is 0 Å². The predicted octanol–water partition coefficient (Wildman–Crippen LogP) is 2.91. The van der Waals surface area contributed by atoms with Crippen molar-refractivity contribution < 1.29 is 0 Å². The summed E-state index contributed by atoms with van der Waals surface area (Å²) >= 11 is 0. The van der Waals surface area contributed by atoms with Gasteiger partial charge in [-0.25, -0.2) is 0 Å². The van der Waals surface area contributed by atoms with Crippen molar-refractivity contribution in [3.63, 3.8) is 0 Å². The van der Waals surface area contributed by atoms with E-state index >= 15 is 0 Å². The maximum Gasteiger partial charge on any atom is 0.0224 e. The van der Waals surface area contributed by atoms with E-state index in [9.17, 15) is 0 Å². The zero-order valence-corrected chi connectivity index (χ0v) is 14.7. The number of piperidine rings is 1. The molecule has 0 N–H and O–H groups in total.